The predicted octanol–water partition coefficient (Wildman–Crippen LogP) is 2.34. The quantitative estimate of drug-likeness (QED) is 0.259. The third-order valence-electron chi connectivity index (χ3n) is 12.1. The zero-order valence-corrected chi connectivity index (χ0v) is 31.8. The molecule has 1 aliphatic carbocycles. The number of fused-ring (bicyclic) bond motifs is 7. The van der Waals surface area contributed by atoms with E-state index in [4.69, 9.17) is 15.0 Å². The lowest BCUT2D eigenvalue weighted by molar-refractivity contribution is 0.820. The number of allylic oxidation sites excluding steroid dienone is 4. The third kappa shape index (κ3) is 5.19. The van der Waals surface area contributed by atoms with Gasteiger partial charge in [0.05, 0.1) is 16.7 Å². The lowest BCUT2D eigenvalue weighted by Gasteiger charge is -2.25. The fraction of sp³-hybridized carbons (Fsp3) is 0.0444. The van der Waals surface area contributed by atoms with E-state index in [0.717, 1.165) is 39.8 Å². The summed E-state index contributed by atoms with van der Waals surface area (Å²) in [4.78, 5) is 18.7. The first-order chi connectivity index (χ1) is 26.9. The molecule has 0 fully saturated rings. The van der Waals surface area contributed by atoms with Crippen molar-refractivity contribution < 1.29 is 0 Å². The van der Waals surface area contributed by atoms with E-state index in [1.807, 2.05) is 0 Å². The monoisotopic (exact) mass is 701 g/mol. The van der Waals surface area contributed by atoms with Gasteiger partial charge in [0.25, 0.3) is 0 Å². The zero-order valence-electron chi connectivity index (χ0n) is 31.8. The Balaban J connectivity index is 1.29. The van der Waals surface area contributed by atoms with Gasteiger partial charge in [-0.25, -0.2) is 4.98 Å². The number of hydrogen-bond donors (Lipinski definition) is 0. The normalized spacial score (nSPS) is 14.7. The van der Waals surface area contributed by atoms with Crippen molar-refractivity contribution in [1.82, 2.24) is 19.5 Å². The molecule has 8 aromatic rings. The molecule has 0 spiro atoms. The topological polar surface area (TPSA) is 46.8 Å². The van der Waals surface area contributed by atoms with Crippen molar-refractivity contribution in [2.45, 2.75) is 12.3 Å². The number of anilines is 2. The molecule has 1 unspecified atom stereocenters. The van der Waals surface area contributed by atoms with Crippen LogP contribution in [0.1, 0.15) is 17.9 Å². The molecule has 1 atom stereocenters. The summed E-state index contributed by atoms with van der Waals surface area (Å²) >= 11 is 0. The van der Waals surface area contributed by atoms with Crippen LogP contribution >= 0.6 is 0 Å². The van der Waals surface area contributed by atoms with E-state index < -0.39 is 0 Å². The zero-order chi connectivity index (χ0) is 37.4. The Hall–Kier alpha value is -6.27. The van der Waals surface area contributed by atoms with Gasteiger partial charge in [0, 0.05) is 39.2 Å². The maximum Gasteiger partial charge on any atom is 0.238 e. The van der Waals surface area contributed by atoms with Crippen molar-refractivity contribution in [2.24, 2.45) is 0 Å². The maximum atomic E-state index is 5.48. The summed E-state index contributed by atoms with van der Waals surface area (Å²) in [6, 6.07) is 43.2. The molecule has 0 saturated heterocycles. The SMILES string of the molecule is Bc1c(B)c(B)c(-c2nc(-c3ccc(-c4ccccc4)cc3)nc(-n3c4ccccc4c4ccc5c(c43)N(c3ccccc3)C3=CC=CCC35)n2)c(B)c1B. The largest absolute Gasteiger partial charge is 0.311 e. The number of rotatable bonds is 5. The minimum absolute atomic E-state index is 0.257. The van der Waals surface area contributed by atoms with Gasteiger partial charge < -0.3 is 4.90 Å². The minimum Gasteiger partial charge on any atom is -0.311 e. The standard InChI is InChI=1S/C45H36B5N5/c46-36-35(37(47)39(49)40(50)38(36)48)44-51-43(27-21-19-26(20-22-27)25-11-3-1-4-12-25)52-45(53-44)55-34-18-10-8-16-30(34)32-24-23-31-29-15-7-9-17-33(29)54(41(31)42(32)55)28-13-5-2-6-14-28/h1-14,16-24,29H,15,46-50H2. The van der Waals surface area contributed by atoms with Crippen LogP contribution in [0.5, 0.6) is 0 Å². The molecule has 0 bridgehead atoms. The molecule has 3 heterocycles. The molecule has 2 aromatic heterocycles. The minimum atomic E-state index is 0.257. The van der Waals surface area contributed by atoms with Gasteiger partial charge in [-0.1, -0.05) is 126 Å². The second kappa shape index (κ2) is 12.9. The number of para-hydroxylation sites is 2. The van der Waals surface area contributed by atoms with Gasteiger partial charge in [0.15, 0.2) is 11.6 Å². The Morgan fingerprint density at radius 3 is 1.91 bits per heavy atom. The van der Waals surface area contributed by atoms with Crippen LogP contribution in [0.15, 0.2) is 145 Å². The Bertz CT molecular complexity index is 2870. The Labute approximate surface area is 325 Å². The number of aromatic nitrogens is 4. The van der Waals surface area contributed by atoms with E-state index in [9.17, 15) is 0 Å². The van der Waals surface area contributed by atoms with Crippen molar-refractivity contribution in [3.8, 4) is 39.9 Å². The van der Waals surface area contributed by atoms with Crippen LogP contribution < -0.4 is 32.2 Å². The number of hydrogen-bond acceptors (Lipinski definition) is 4. The highest BCUT2D eigenvalue weighted by Crippen LogP contribution is 2.54. The van der Waals surface area contributed by atoms with Crippen molar-refractivity contribution >= 4 is 99.7 Å². The lowest BCUT2D eigenvalue weighted by atomic mass is 9.60. The summed E-state index contributed by atoms with van der Waals surface area (Å²) in [6.07, 6.45) is 7.73. The van der Waals surface area contributed by atoms with Crippen molar-refractivity contribution in [1.29, 1.82) is 0 Å². The van der Waals surface area contributed by atoms with E-state index >= 15 is 0 Å². The van der Waals surface area contributed by atoms with Crippen LogP contribution in [0.25, 0.3) is 61.7 Å². The van der Waals surface area contributed by atoms with Gasteiger partial charge in [0.1, 0.15) is 39.2 Å². The summed E-state index contributed by atoms with van der Waals surface area (Å²) < 4.78 is 2.30. The molecule has 1 aliphatic heterocycles. The van der Waals surface area contributed by atoms with E-state index in [1.54, 1.807) is 0 Å². The van der Waals surface area contributed by atoms with Crippen LogP contribution in [0, 0.1) is 0 Å². The fourth-order valence-corrected chi connectivity index (χ4v) is 8.88. The smallest absolute Gasteiger partial charge is 0.238 e. The third-order valence-corrected chi connectivity index (χ3v) is 12.1. The predicted molar refractivity (Wildman–Crippen MR) is 245 cm³/mol. The lowest BCUT2D eigenvalue weighted by Crippen LogP contribution is -2.55. The summed E-state index contributed by atoms with van der Waals surface area (Å²) in [7, 11) is 11.0. The molecule has 0 amide bonds. The number of benzene rings is 6. The van der Waals surface area contributed by atoms with E-state index in [1.165, 1.54) is 60.6 Å². The molecular weight excluding hydrogens is 665 g/mol. The Morgan fingerprint density at radius 1 is 0.545 bits per heavy atom. The van der Waals surface area contributed by atoms with Crippen LogP contribution in [0.3, 0.4) is 0 Å². The highest BCUT2D eigenvalue weighted by molar-refractivity contribution is 6.68. The molecule has 55 heavy (non-hydrogen) atoms. The second-order valence-electron chi connectivity index (χ2n) is 15.0. The van der Waals surface area contributed by atoms with Gasteiger partial charge in [-0.3, -0.25) is 4.57 Å². The van der Waals surface area contributed by atoms with Gasteiger partial charge in [-0.2, -0.15) is 9.97 Å². The van der Waals surface area contributed by atoms with Gasteiger partial charge in [-0.05, 0) is 47.4 Å². The molecule has 10 heteroatoms. The summed E-state index contributed by atoms with van der Waals surface area (Å²) in [5, 5.41) is 2.34. The van der Waals surface area contributed by atoms with Crippen LogP contribution in [0.2, 0.25) is 0 Å². The van der Waals surface area contributed by atoms with Gasteiger partial charge in [-0.15, -0.1) is 16.4 Å². The summed E-state index contributed by atoms with van der Waals surface area (Å²) in [5.74, 6) is 2.20. The highest BCUT2D eigenvalue weighted by atomic mass is 15.2. The van der Waals surface area contributed by atoms with Crippen molar-refractivity contribution in [3.63, 3.8) is 0 Å². The highest BCUT2D eigenvalue weighted by Gasteiger charge is 2.38. The fourth-order valence-electron chi connectivity index (χ4n) is 8.88. The average molecular weight is 701 g/mol. The maximum absolute atomic E-state index is 5.48. The Kier molecular flexibility index (Phi) is 7.84. The molecule has 256 valence electrons. The van der Waals surface area contributed by atoms with Crippen LogP contribution in [0.4, 0.5) is 11.4 Å². The van der Waals surface area contributed by atoms with Crippen LogP contribution in [-0.4, -0.2) is 58.8 Å². The second-order valence-corrected chi connectivity index (χ2v) is 15.0. The molecular formula is C45H36B5N5. The molecule has 10 rings (SSSR count). The van der Waals surface area contributed by atoms with E-state index in [0.29, 0.717) is 17.6 Å². The Morgan fingerprint density at radius 2 is 1.16 bits per heavy atom. The summed E-state index contributed by atoms with van der Waals surface area (Å²) in [5.41, 5.74) is 17.7. The van der Waals surface area contributed by atoms with Crippen LogP contribution in [-0.2, 0) is 0 Å². The molecule has 6 aromatic carbocycles. The van der Waals surface area contributed by atoms with E-state index in [-0.39, 0.29) is 5.92 Å². The number of nitrogens with zero attached hydrogens (tertiary/aromatic N) is 5. The molecule has 0 radical (unpaired) electrons. The first-order valence-corrected chi connectivity index (χ1v) is 19.2. The molecule has 5 nitrogen and oxygen atoms in total. The van der Waals surface area contributed by atoms with E-state index in [2.05, 4.69) is 188 Å². The van der Waals surface area contributed by atoms with Gasteiger partial charge in [0.2, 0.25) is 5.95 Å². The molecule has 2 aliphatic rings. The summed E-state index contributed by atoms with van der Waals surface area (Å²) in [6.45, 7) is 0. The van der Waals surface area contributed by atoms with Gasteiger partial charge >= 0.3 is 0 Å². The first-order valence-electron chi connectivity index (χ1n) is 19.2. The van der Waals surface area contributed by atoms with Crippen molar-refractivity contribution in [3.05, 3.63) is 151 Å². The first kappa shape index (κ1) is 33.3. The molecule has 0 saturated carbocycles. The van der Waals surface area contributed by atoms with Crippen molar-refractivity contribution in [2.75, 3.05) is 4.90 Å². The molecule has 0 N–H and O–H groups in total. The average Bonchev–Trinajstić information content (AvgIpc) is 3.76.